The van der Waals surface area contributed by atoms with Gasteiger partial charge in [0, 0.05) is 17.6 Å². The third-order valence-corrected chi connectivity index (χ3v) is 3.89. The van der Waals surface area contributed by atoms with Crippen LogP contribution in [0.25, 0.3) is 0 Å². The smallest absolute Gasteiger partial charge is 0.312 e. The van der Waals surface area contributed by atoms with Gasteiger partial charge in [0.1, 0.15) is 0 Å². The molecule has 2 rings (SSSR count). The Kier molecular flexibility index (Phi) is 5.53. The molecule has 0 saturated heterocycles. The summed E-state index contributed by atoms with van der Waals surface area (Å²) in [6, 6.07) is 17.5. The summed E-state index contributed by atoms with van der Waals surface area (Å²) in [7, 11) is 1.95. The van der Waals surface area contributed by atoms with Gasteiger partial charge in [-0.1, -0.05) is 58.4 Å². The quantitative estimate of drug-likeness (QED) is 0.864. The topological polar surface area (TPSA) is 40.5 Å². The number of aliphatic carboxylic acids is 1. The van der Waals surface area contributed by atoms with Crippen molar-refractivity contribution >= 4 is 21.9 Å². The molecular weight excluding hydrogens is 330 g/mol. The zero-order chi connectivity index (χ0) is 15.2. The largest absolute Gasteiger partial charge is 0.481 e. The van der Waals surface area contributed by atoms with Crippen molar-refractivity contribution < 1.29 is 9.90 Å². The fourth-order valence-corrected chi connectivity index (χ4v) is 2.55. The van der Waals surface area contributed by atoms with E-state index in [1.54, 1.807) is 0 Å². The van der Waals surface area contributed by atoms with Crippen molar-refractivity contribution in [3.05, 3.63) is 70.2 Å². The first kappa shape index (κ1) is 15.7. The number of carboxylic acid groups (broad SMARTS) is 1. The number of nitrogens with zero attached hydrogens (tertiary/aromatic N) is 1. The van der Waals surface area contributed by atoms with Crippen LogP contribution in [0.1, 0.15) is 17.0 Å². The van der Waals surface area contributed by atoms with Gasteiger partial charge in [-0.25, -0.2) is 0 Å². The number of halogens is 1. The Morgan fingerprint density at radius 1 is 1.14 bits per heavy atom. The van der Waals surface area contributed by atoms with E-state index in [2.05, 4.69) is 15.9 Å². The highest BCUT2D eigenvalue weighted by Crippen LogP contribution is 2.18. The van der Waals surface area contributed by atoms with Gasteiger partial charge in [0.2, 0.25) is 0 Å². The van der Waals surface area contributed by atoms with Crippen molar-refractivity contribution in [3.8, 4) is 0 Å². The van der Waals surface area contributed by atoms with E-state index in [1.807, 2.05) is 66.5 Å². The van der Waals surface area contributed by atoms with E-state index in [9.17, 15) is 9.90 Å². The Hall–Kier alpha value is -1.65. The molecule has 2 aromatic carbocycles. The molecule has 0 radical (unpaired) electrons. The molecule has 1 N–H and O–H groups in total. The van der Waals surface area contributed by atoms with E-state index < -0.39 is 11.9 Å². The van der Waals surface area contributed by atoms with E-state index in [1.165, 1.54) is 0 Å². The first-order valence-corrected chi connectivity index (χ1v) is 7.56. The van der Waals surface area contributed by atoms with E-state index >= 15 is 0 Å². The van der Waals surface area contributed by atoms with Crippen LogP contribution in [0.2, 0.25) is 0 Å². The molecule has 0 heterocycles. The average Bonchev–Trinajstić information content (AvgIpc) is 2.48. The fourth-order valence-electron chi connectivity index (χ4n) is 2.29. The van der Waals surface area contributed by atoms with Crippen LogP contribution in [-0.4, -0.2) is 29.6 Å². The van der Waals surface area contributed by atoms with Crippen LogP contribution >= 0.6 is 15.9 Å². The number of likely N-dealkylation sites (N-methyl/N-ethyl adjacent to an activating group) is 1. The Morgan fingerprint density at radius 2 is 1.76 bits per heavy atom. The molecule has 3 nitrogen and oxygen atoms in total. The van der Waals surface area contributed by atoms with Gasteiger partial charge in [0.15, 0.2) is 0 Å². The lowest BCUT2D eigenvalue weighted by molar-refractivity contribution is -0.139. The molecular formula is C17H18BrNO2. The highest BCUT2D eigenvalue weighted by Gasteiger charge is 2.21. The lowest BCUT2D eigenvalue weighted by atomic mass is 9.98. The molecule has 0 spiro atoms. The summed E-state index contributed by atoms with van der Waals surface area (Å²) >= 11 is 3.41. The van der Waals surface area contributed by atoms with Gasteiger partial charge in [-0.15, -0.1) is 0 Å². The molecule has 0 fully saturated rings. The second-order valence-corrected chi connectivity index (χ2v) is 6.04. The lowest BCUT2D eigenvalue weighted by Gasteiger charge is -2.21. The van der Waals surface area contributed by atoms with Crippen LogP contribution in [0.4, 0.5) is 0 Å². The number of benzene rings is 2. The summed E-state index contributed by atoms with van der Waals surface area (Å²) in [6.45, 7) is 1.21. The maximum atomic E-state index is 11.5. The molecule has 0 saturated carbocycles. The second-order valence-electron chi connectivity index (χ2n) is 5.12. The molecule has 1 unspecified atom stereocenters. The molecule has 0 aliphatic heterocycles. The van der Waals surface area contributed by atoms with Crippen LogP contribution in [-0.2, 0) is 11.3 Å². The third-order valence-electron chi connectivity index (χ3n) is 3.36. The van der Waals surface area contributed by atoms with E-state index in [4.69, 9.17) is 0 Å². The summed E-state index contributed by atoms with van der Waals surface area (Å²) in [4.78, 5) is 13.5. The number of hydrogen-bond donors (Lipinski definition) is 1. The Morgan fingerprint density at radius 3 is 2.33 bits per heavy atom. The normalized spacial score (nSPS) is 12.3. The summed E-state index contributed by atoms with van der Waals surface area (Å²) in [5, 5.41) is 9.45. The number of carboxylic acids is 1. The van der Waals surface area contributed by atoms with Crippen molar-refractivity contribution in [1.29, 1.82) is 0 Å². The van der Waals surface area contributed by atoms with E-state index in [0.717, 1.165) is 22.1 Å². The van der Waals surface area contributed by atoms with Gasteiger partial charge < -0.3 is 10.0 Å². The summed E-state index contributed by atoms with van der Waals surface area (Å²) in [5.74, 6) is -1.30. The first-order chi connectivity index (χ1) is 10.1. The summed E-state index contributed by atoms with van der Waals surface area (Å²) in [6.07, 6.45) is 0. The molecule has 0 aliphatic rings. The molecule has 0 bridgehead atoms. The number of hydrogen-bond acceptors (Lipinski definition) is 2. The molecule has 4 heteroatoms. The highest BCUT2D eigenvalue weighted by atomic mass is 79.9. The Bertz CT molecular complexity index is 583. The number of rotatable bonds is 6. The fraction of sp³-hybridized carbons (Fsp3) is 0.235. The zero-order valence-electron chi connectivity index (χ0n) is 11.9. The summed E-state index contributed by atoms with van der Waals surface area (Å²) in [5.41, 5.74) is 2.01. The van der Waals surface area contributed by atoms with E-state index in [-0.39, 0.29) is 0 Å². The summed E-state index contributed by atoms with van der Waals surface area (Å²) < 4.78 is 1.04. The first-order valence-electron chi connectivity index (χ1n) is 6.77. The molecule has 0 aromatic heterocycles. The molecule has 1 atom stereocenters. The minimum atomic E-state index is -0.788. The Balaban J connectivity index is 2.03. The molecule has 110 valence electrons. The highest BCUT2D eigenvalue weighted by molar-refractivity contribution is 9.10. The minimum Gasteiger partial charge on any atom is -0.481 e. The predicted molar refractivity (Wildman–Crippen MR) is 87.3 cm³/mol. The average molecular weight is 348 g/mol. The van der Waals surface area contributed by atoms with Crippen molar-refractivity contribution in [2.45, 2.75) is 12.5 Å². The van der Waals surface area contributed by atoms with Crippen LogP contribution in [0.15, 0.2) is 59.1 Å². The monoisotopic (exact) mass is 347 g/mol. The van der Waals surface area contributed by atoms with Gasteiger partial charge in [-0.2, -0.15) is 0 Å². The van der Waals surface area contributed by atoms with Crippen LogP contribution in [0, 0.1) is 0 Å². The zero-order valence-corrected chi connectivity index (χ0v) is 13.5. The van der Waals surface area contributed by atoms with Crippen LogP contribution in [0.3, 0.4) is 0 Å². The lowest BCUT2D eigenvalue weighted by Crippen LogP contribution is -2.28. The minimum absolute atomic E-state index is 0.482. The van der Waals surface area contributed by atoms with Crippen molar-refractivity contribution in [2.24, 2.45) is 0 Å². The molecule has 0 amide bonds. The van der Waals surface area contributed by atoms with Crippen molar-refractivity contribution in [1.82, 2.24) is 4.90 Å². The van der Waals surface area contributed by atoms with Crippen LogP contribution in [0.5, 0.6) is 0 Å². The van der Waals surface area contributed by atoms with Gasteiger partial charge in [-0.3, -0.25) is 4.79 Å². The third kappa shape index (κ3) is 4.69. The van der Waals surface area contributed by atoms with Gasteiger partial charge in [-0.05, 0) is 30.3 Å². The van der Waals surface area contributed by atoms with E-state index in [0.29, 0.717) is 6.54 Å². The molecule has 21 heavy (non-hydrogen) atoms. The SMILES string of the molecule is CN(Cc1ccc(Br)cc1)CC(C(=O)O)c1ccccc1. The molecule has 2 aromatic rings. The van der Waals surface area contributed by atoms with Crippen molar-refractivity contribution in [3.63, 3.8) is 0 Å². The van der Waals surface area contributed by atoms with Gasteiger partial charge in [0.25, 0.3) is 0 Å². The van der Waals surface area contributed by atoms with Crippen LogP contribution < -0.4 is 0 Å². The van der Waals surface area contributed by atoms with Gasteiger partial charge in [0.05, 0.1) is 5.92 Å². The standard InChI is InChI=1S/C17H18BrNO2/c1-19(11-13-7-9-15(18)10-8-13)12-16(17(20)21)14-5-3-2-4-6-14/h2-10,16H,11-12H2,1H3,(H,20,21). The second kappa shape index (κ2) is 7.38. The van der Waals surface area contributed by atoms with Crippen molar-refractivity contribution in [2.75, 3.05) is 13.6 Å². The van der Waals surface area contributed by atoms with Gasteiger partial charge >= 0.3 is 5.97 Å². The predicted octanol–water partition coefficient (Wildman–Crippen LogP) is 3.75. The maximum absolute atomic E-state index is 11.5. The maximum Gasteiger partial charge on any atom is 0.312 e. The Labute approximate surface area is 133 Å². The molecule has 0 aliphatic carbocycles. The number of carbonyl (C=O) groups is 1.